The van der Waals surface area contributed by atoms with E-state index >= 15 is 0 Å². The molecule has 0 saturated carbocycles. The molecule has 1 atom stereocenters. The van der Waals surface area contributed by atoms with Gasteiger partial charge in [-0.3, -0.25) is 4.79 Å². The summed E-state index contributed by atoms with van der Waals surface area (Å²) in [5, 5.41) is 9.83. The topological polar surface area (TPSA) is 53.2 Å². The van der Waals surface area contributed by atoms with Crippen LogP contribution in [0.2, 0.25) is 0 Å². The molecule has 4 heteroatoms. The molecule has 1 amide bonds. The van der Waals surface area contributed by atoms with Gasteiger partial charge in [0.25, 0.3) is 0 Å². The van der Waals surface area contributed by atoms with Gasteiger partial charge in [0.2, 0.25) is 5.91 Å². The Balaban J connectivity index is 2.01. The van der Waals surface area contributed by atoms with Crippen LogP contribution in [0.4, 0.5) is 17.1 Å². The lowest BCUT2D eigenvalue weighted by molar-refractivity contribution is -0.119. The van der Waals surface area contributed by atoms with Crippen molar-refractivity contribution in [2.45, 2.75) is 39.3 Å². The van der Waals surface area contributed by atoms with Gasteiger partial charge in [-0.1, -0.05) is 6.08 Å². The fourth-order valence-electron chi connectivity index (χ4n) is 2.60. The monoisotopic (exact) mass is 257 g/mol. The van der Waals surface area contributed by atoms with E-state index in [0.717, 1.165) is 22.6 Å². The van der Waals surface area contributed by atoms with Gasteiger partial charge in [0, 0.05) is 5.69 Å². The van der Waals surface area contributed by atoms with Gasteiger partial charge >= 0.3 is 0 Å². The number of carbonyl (C=O) groups excluding carboxylic acids is 1. The molecule has 19 heavy (non-hydrogen) atoms. The van der Waals surface area contributed by atoms with Crippen LogP contribution in [0.15, 0.2) is 23.8 Å². The van der Waals surface area contributed by atoms with Crippen LogP contribution in [0.5, 0.6) is 0 Å². The van der Waals surface area contributed by atoms with E-state index in [0.29, 0.717) is 0 Å². The van der Waals surface area contributed by atoms with Crippen molar-refractivity contribution < 1.29 is 4.79 Å². The zero-order chi connectivity index (χ0) is 13.8. The standard InChI is InChI=1S/C15H19N3O/c1-5-8(2)13-16-11-6-9-10(7-12(11)17-13)18-14(19)15(9,3)4/h5-7,13,16-17H,1-4H3,(H,18,19). The van der Waals surface area contributed by atoms with Gasteiger partial charge in [-0.15, -0.1) is 0 Å². The lowest BCUT2D eigenvalue weighted by Gasteiger charge is -2.15. The maximum absolute atomic E-state index is 11.9. The second kappa shape index (κ2) is 3.76. The molecule has 2 heterocycles. The van der Waals surface area contributed by atoms with E-state index in [-0.39, 0.29) is 12.1 Å². The Bertz CT molecular complexity index is 602. The Kier molecular flexibility index (Phi) is 2.39. The highest BCUT2D eigenvalue weighted by molar-refractivity contribution is 6.07. The molecule has 0 bridgehead atoms. The number of allylic oxidation sites excluding steroid dienone is 1. The Hall–Kier alpha value is -1.97. The lowest BCUT2D eigenvalue weighted by Crippen LogP contribution is -2.27. The highest BCUT2D eigenvalue weighted by Crippen LogP contribution is 2.44. The Labute approximate surface area is 113 Å². The minimum absolute atomic E-state index is 0.0624. The number of amides is 1. The van der Waals surface area contributed by atoms with Crippen molar-refractivity contribution in [2.75, 3.05) is 16.0 Å². The number of nitrogens with one attached hydrogen (secondary N) is 3. The summed E-state index contributed by atoms with van der Waals surface area (Å²) in [6.07, 6.45) is 2.23. The average Bonchev–Trinajstić information content (AvgIpc) is 2.87. The molecule has 0 saturated heterocycles. The summed E-state index contributed by atoms with van der Waals surface area (Å²) < 4.78 is 0. The number of rotatable bonds is 1. The van der Waals surface area contributed by atoms with Gasteiger partial charge in [0.05, 0.1) is 16.8 Å². The molecule has 1 aromatic rings. The molecule has 1 aromatic carbocycles. The van der Waals surface area contributed by atoms with Crippen LogP contribution < -0.4 is 16.0 Å². The van der Waals surface area contributed by atoms with Crippen LogP contribution in [-0.4, -0.2) is 12.1 Å². The van der Waals surface area contributed by atoms with Crippen LogP contribution in [0, 0.1) is 0 Å². The largest absolute Gasteiger partial charge is 0.360 e. The highest BCUT2D eigenvalue weighted by atomic mass is 16.2. The summed E-state index contributed by atoms with van der Waals surface area (Å²) in [4.78, 5) is 11.9. The van der Waals surface area contributed by atoms with E-state index in [4.69, 9.17) is 0 Å². The van der Waals surface area contributed by atoms with Gasteiger partial charge in [0.15, 0.2) is 0 Å². The minimum Gasteiger partial charge on any atom is -0.360 e. The van der Waals surface area contributed by atoms with E-state index in [9.17, 15) is 4.79 Å². The van der Waals surface area contributed by atoms with Crippen LogP contribution in [0.25, 0.3) is 0 Å². The third kappa shape index (κ3) is 1.63. The third-order valence-corrected chi connectivity index (χ3v) is 4.16. The summed E-state index contributed by atoms with van der Waals surface area (Å²) in [6, 6.07) is 4.10. The first-order chi connectivity index (χ1) is 8.93. The van der Waals surface area contributed by atoms with Crippen molar-refractivity contribution in [3.05, 3.63) is 29.3 Å². The zero-order valence-corrected chi connectivity index (χ0v) is 11.7. The van der Waals surface area contributed by atoms with E-state index < -0.39 is 5.41 Å². The number of hydrogen-bond donors (Lipinski definition) is 3. The Morgan fingerprint density at radius 2 is 1.84 bits per heavy atom. The summed E-state index contributed by atoms with van der Waals surface area (Å²) >= 11 is 0. The molecule has 0 aromatic heterocycles. The third-order valence-electron chi connectivity index (χ3n) is 4.16. The van der Waals surface area contributed by atoms with E-state index in [1.54, 1.807) is 0 Å². The first-order valence-electron chi connectivity index (χ1n) is 6.59. The predicted octanol–water partition coefficient (Wildman–Crippen LogP) is 3.05. The molecular weight excluding hydrogens is 238 g/mol. The SMILES string of the molecule is CC=C(C)C1Nc2cc3c(cc2N1)C(C)(C)C(=O)N3. The van der Waals surface area contributed by atoms with Crippen LogP contribution >= 0.6 is 0 Å². The number of anilines is 3. The molecule has 4 nitrogen and oxygen atoms in total. The number of carbonyl (C=O) groups is 1. The number of fused-ring (bicyclic) bond motifs is 2. The average molecular weight is 257 g/mol. The molecule has 0 fully saturated rings. The van der Waals surface area contributed by atoms with Crippen LogP contribution in [0.1, 0.15) is 33.3 Å². The summed E-state index contributed by atoms with van der Waals surface area (Å²) in [7, 11) is 0. The van der Waals surface area contributed by atoms with Crippen LogP contribution in [-0.2, 0) is 10.2 Å². The van der Waals surface area contributed by atoms with Gasteiger partial charge in [-0.2, -0.15) is 0 Å². The van der Waals surface area contributed by atoms with Crippen molar-refractivity contribution >= 4 is 23.0 Å². The zero-order valence-electron chi connectivity index (χ0n) is 11.7. The molecule has 2 aliphatic heterocycles. The van der Waals surface area contributed by atoms with E-state index in [1.165, 1.54) is 5.57 Å². The molecule has 3 rings (SSSR count). The Morgan fingerprint density at radius 3 is 2.47 bits per heavy atom. The highest BCUT2D eigenvalue weighted by Gasteiger charge is 2.39. The van der Waals surface area contributed by atoms with Crippen molar-refractivity contribution in [1.82, 2.24) is 0 Å². The smallest absolute Gasteiger partial charge is 0.234 e. The van der Waals surface area contributed by atoms with E-state index in [2.05, 4.69) is 35.0 Å². The first-order valence-corrected chi connectivity index (χ1v) is 6.59. The molecule has 3 N–H and O–H groups in total. The predicted molar refractivity (Wildman–Crippen MR) is 78.6 cm³/mol. The van der Waals surface area contributed by atoms with Crippen molar-refractivity contribution in [3.63, 3.8) is 0 Å². The first kappa shape index (κ1) is 12.1. The fourth-order valence-corrected chi connectivity index (χ4v) is 2.60. The van der Waals surface area contributed by atoms with Crippen LogP contribution in [0.3, 0.4) is 0 Å². The second-order valence-corrected chi connectivity index (χ2v) is 5.78. The van der Waals surface area contributed by atoms with Gasteiger partial charge in [-0.05, 0) is 51.0 Å². The van der Waals surface area contributed by atoms with Crippen molar-refractivity contribution in [1.29, 1.82) is 0 Å². The molecule has 0 aliphatic carbocycles. The maximum Gasteiger partial charge on any atom is 0.234 e. The quantitative estimate of drug-likeness (QED) is 0.678. The van der Waals surface area contributed by atoms with Gasteiger partial charge < -0.3 is 16.0 Å². The summed E-state index contributed by atoms with van der Waals surface area (Å²) in [5.41, 5.74) is 4.88. The van der Waals surface area contributed by atoms with Gasteiger partial charge in [-0.25, -0.2) is 0 Å². The van der Waals surface area contributed by atoms with E-state index in [1.807, 2.05) is 26.8 Å². The van der Waals surface area contributed by atoms with Crippen molar-refractivity contribution in [2.24, 2.45) is 0 Å². The molecule has 0 spiro atoms. The normalized spacial score (nSPS) is 23.3. The fraction of sp³-hybridized carbons (Fsp3) is 0.400. The molecule has 0 radical (unpaired) electrons. The maximum atomic E-state index is 11.9. The molecule has 1 unspecified atom stereocenters. The Morgan fingerprint density at radius 1 is 1.21 bits per heavy atom. The molecule has 2 aliphatic rings. The van der Waals surface area contributed by atoms with Gasteiger partial charge in [0.1, 0.15) is 6.17 Å². The summed E-state index contributed by atoms with van der Waals surface area (Å²) in [6.45, 7) is 8.04. The number of hydrogen-bond acceptors (Lipinski definition) is 3. The summed E-state index contributed by atoms with van der Waals surface area (Å²) in [5.74, 6) is 0.0624. The number of benzene rings is 1. The molecule has 100 valence electrons. The minimum atomic E-state index is -0.459. The second-order valence-electron chi connectivity index (χ2n) is 5.78. The lowest BCUT2D eigenvalue weighted by atomic mass is 9.86. The van der Waals surface area contributed by atoms with Crippen molar-refractivity contribution in [3.8, 4) is 0 Å². The molecular formula is C15H19N3O.